The molecule has 0 saturated carbocycles. The van der Waals surface area contributed by atoms with Crippen LogP contribution in [0.3, 0.4) is 0 Å². The van der Waals surface area contributed by atoms with E-state index in [1.54, 1.807) is 6.07 Å². The molecule has 1 aliphatic heterocycles. The summed E-state index contributed by atoms with van der Waals surface area (Å²) < 4.78 is 22.8. The fourth-order valence-corrected chi connectivity index (χ4v) is 2.65. The molecule has 0 spiro atoms. The highest BCUT2D eigenvalue weighted by Crippen LogP contribution is 2.26. The summed E-state index contributed by atoms with van der Waals surface area (Å²) in [4.78, 5) is 11.1. The number of fused-ring (bicyclic) bond motifs is 1. The molecule has 14 heavy (non-hydrogen) atoms. The third kappa shape index (κ3) is 0.912. The lowest BCUT2D eigenvalue weighted by atomic mass is 10.1. The molecule has 0 aliphatic carbocycles. The van der Waals surface area contributed by atoms with Crippen LogP contribution in [0.2, 0.25) is 0 Å². The Morgan fingerprint density at radius 2 is 1.86 bits per heavy atom. The molecule has 0 aromatic heterocycles. The zero-order chi connectivity index (χ0) is 10.3. The molecule has 2 rings (SSSR count). The first-order valence-corrected chi connectivity index (χ1v) is 5.18. The van der Waals surface area contributed by atoms with Gasteiger partial charge in [0.1, 0.15) is 0 Å². The predicted octanol–water partition coefficient (Wildman–Crippen LogP) is 0.179. The van der Waals surface area contributed by atoms with Crippen LogP contribution in [-0.4, -0.2) is 24.5 Å². The van der Waals surface area contributed by atoms with Crippen LogP contribution >= 0.6 is 0 Å². The van der Waals surface area contributed by atoms with Gasteiger partial charge in [-0.2, -0.15) is 0 Å². The molecule has 0 unspecified atom stereocenters. The minimum Gasteiger partial charge on any atom is -0.410 e. The van der Waals surface area contributed by atoms with Crippen molar-refractivity contribution < 1.29 is 18.4 Å². The number of benzene rings is 1. The van der Waals surface area contributed by atoms with Gasteiger partial charge >= 0.3 is 5.12 Å². The van der Waals surface area contributed by atoms with E-state index in [1.165, 1.54) is 18.2 Å². The number of carbonyl (C=O) groups excluding carboxylic acids is 1. The average Bonchev–Trinajstić information content (AvgIpc) is 2.37. The molecule has 1 aliphatic rings. The second-order valence-corrected chi connectivity index (χ2v) is 4.55. The number of hydrogen-bond donors (Lipinski definition) is 1. The van der Waals surface area contributed by atoms with E-state index < -0.39 is 20.7 Å². The first-order chi connectivity index (χ1) is 6.59. The smallest absolute Gasteiger partial charge is 0.303 e. The number of sulfone groups is 1. The molecule has 6 heteroatoms. The highest BCUT2D eigenvalue weighted by molar-refractivity contribution is 8.09. The van der Waals surface area contributed by atoms with E-state index in [9.17, 15) is 13.2 Å². The fourth-order valence-electron chi connectivity index (χ4n) is 1.33. The molecule has 72 valence electrons. The SMILES string of the molecule is O=C1/C(=N/O)c2ccccc2S1(=O)=O. The van der Waals surface area contributed by atoms with Crippen LogP contribution in [0.15, 0.2) is 34.3 Å². The van der Waals surface area contributed by atoms with Gasteiger partial charge < -0.3 is 5.21 Å². The summed E-state index contributed by atoms with van der Waals surface area (Å²) in [6.07, 6.45) is 0. The Balaban J connectivity index is 2.89. The molecule has 1 heterocycles. The highest BCUT2D eigenvalue weighted by atomic mass is 32.2. The van der Waals surface area contributed by atoms with Gasteiger partial charge in [-0.1, -0.05) is 23.4 Å². The number of carbonyl (C=O) groups is 1. The van der Waals surface area contributed by atoms with Crippen LogP contribution in [0, 0.1) is 0 Å². The molecule has 0 saturated heterocycles. The molecular formula is C8H5NO4S. The largest absolute Gasteiger partial charge is 0.410 e. The van der Waals surface area contributed by atoms with Crippen molar-refractivity contribution in [3.05, 3.63) is 29.8 Å². The summed E-state index contributed by atoms with van der Waals surface area (Å²) in [7, 11) is -3.98. The van der Waals surface area contributed by atoms with E-state index in [1.807, 2.05) is 0 Å². The first kappa shape index (κ1) is 8.89. The van der Waals surface area contributed by atoms with E-state index in [-0.39, 0.29) is 10.5 Å². The fraction of sp³-hybridized carbons (Fsp3) is 0. The van der Waals surface area contributed by atoms with E-state index in [4.69, 9.17) is 5.21 Å². The Morgan fingerprint density at radius 3 is 2.50 bits per heavy atom. The average molecular weight is 211 g/mol. The van der Waals surface area contributed by atoms with E-state index in [0.717, 1.165) is 0 Å². The zero-order valence-electron chi connectivity index (χ0n) is 6.84. The third-order valence-corrected chi connectivity index (χ3v) is 3.59. The summed E-state index contributed by atoms with van der Waals surface area (Å²) in [5.41, 5.74) is -0.263. The summed E-state index contributed by atoms with van der Waals surface area (Å²) in [6, 6.07) is 5.80. The minimum atomic E-state index is -3.98. The predicted molar refractivity (Wildman–Crippen MR) is 47.0 cm³/mol. The van der Waals surface area contributed by atoms with Crippen LogP contribution in [0.5, 0.6) is 0 Å². The van der Waals surface area contributed by atoms with Crippen LogP contribution in [0.25, 0.3) is 0 Å². The van der Waals surface area contributed by atoms with Gasteiger partial charge in [0.15, 0.2) is 5.71 Å². The van der Waals surface area contributed by atoms with Gasteiger partial charge in [0.2, 0.25) is 9.84 Å². The Bertz CT molecular complexity index is 544. The van der Waals surface area contributed by atoms with Crippen LogP contribution < -0.4 is 0 Å². The molecule has 0 amide bonds. The normalized spacial score (nSPS) is 21.1. The van der Waals surface area contributed by atoms with Crippen molar-refractivity contribution >= 4 is 20.7 Å². The van der Waals surface area contributed by atoms with Crippen molar-refractivity contribution in [2.75, 3.05) is 0 Å². The minimum absolute atomic E-state index is 0.0993. The maximum atomic E-state index is 11.4. The van der Waals surface area contributed by atoms with Gasteiger partial charge in [0.05, 0.1) is 4.90 Å². The molecule has 1 aromatic rings. The number of nitrogens with zero attached hydrogens (tertiary/aromatic N) is 1. The van der Waals surface area contributed by atoms with Crippen molar-refractivity contribution in [3.63, 3.8) is 0 Å². The van der Waals surface area contributed by atoms with Crippen molar-refractivity contribution in [2.45, 2.75) is 4.90 Å². The lowest BCUT2D eigenvalue weighted by Crippen LogP contribution is -2.15. The molecule has 5 nitrogen and oxygen atoms in total. The summed E-state index contributed by atoms with van der Waals surface area (Å²) in [5.74, 6) is 0. The molecule has 0 fully saturated rings. The van der Waals surface area contributed by atoms with Gasteiger partial charge in [-0.15, -0.1) is 0 Å². The molecule has 0 radical (unpaired) electrons. The van der Waals surface area contributed by atoms with Gasteiger partial charge in [-0.25, -0.2) is 8.42 Å². The van der Waals surface area contributed by atoms with E-state index >= 15 is 0 Å². The Morgan fingerprint density at radius 1 is 1.21 bits per heavy atom. The second-order valence-electron chi connectivity index (χ2n) is 2.74. The van der Waals surface area contributed by atoms with Crippen LogP contribution in [-0.2, 0) is 14.6 Å². The van der Waals surface area contributed by atoms with Crippen LogP contribution in [0.1, 0.15) is 5.56 Å². The molecular weight excluding hydrogens is 206 g/mol. The quantitative estimate of drug-likeness (QED) is 0.490. The van der Waals surface area contributed by atoms with Crippen molar-refractivity contribution in [1.29, 1.82) is 0 Å². The number of oxime groups is 1. The topological polar surface area (TPSA) is 83.8 Å². The lowest BCUT2D eigenvalue weighted by Gasteiger charge is -1.92. The summed E-state index contributed by atoms with van der Waals surface area (Å²) >= 11 is 0. The second kappa shape index (κ2) is 2.65. The van der Waals surface area contributed by atoms with Gasteiger partial charge in [0.25, 0.3) is 0 Å². The number of hydrogen-bond acceptors (Lipinski definition) is 5. The van der Waals surface area contributed by atoms with Gasteiger partial charge in [-0.3, -0.25) is 4.79 Å². The third-order valence-electron chi connectivity index (χ3n) is 1.97. The van der Waals surface area contributed by atoms with Crippen molar-refractivity contribution in [1.82, 2.24) is 0 Å². The monoisotopic (exact) mass is 211 g/mol. The molecule has 0 bridgehead atoms. The summed E-state index contributed by atoms with van der Waals surface area (Å²) in [5, 5.41) is 10.1. The maximum absolute atomic E-state index is 11.4. The molecule has 0 atom stereocenters. The molecule has 1 aromatic carbocycles. The van der Waals surface area contributed by atoms with E-state index in [2.05, 4.69) is 5.16 Å². The highest BCUT2D eigenvalue weighted by Gasteiger charge is 2.41. The van der Waals surface area contributed by atoms with Crippen LogP contribution in [0.4, 0.5) is 0 Å². The Kier molecular flexibility index (Phi) is 1.68. The Hall–Kier alpha value is -1.69. The standard InChI is InChI=1S/C8H5NO4S/c10-8-7(9-11)5-3-1-2-4-6(5)14(8,12)13/h1-4,11H/b9-7+. The summed E-state index contributed by atoms with van der Waals surface area (Å²) in [6.45, 7) is 0. The number of rotatable bonds is 0. The van der Waals surface area contributed by atoms with Gasteiger partial charge in [-0.05, 0) is 6.07 Å². The van der Waals surface area contributed by atoms with E-state index in [0.29, 0.717) is 0 Å². The van der Waals surface area contributed by atoms with Crippen molar-refractivity contribution in [3.8, 4) is 0 Å². The zero-order valence-corrected chi connectivity index (χ0v) is 7.65. The first-order valence-electron chi connectivity index (χ1n) is 3.70. The van der Waals surface area contributed by atoms with Gasteiger partial charge in [0, 0.05) is 5.56 Å². The Labute approximate surface area is 79.6 Å². The van der Waals surface area contributed by atoms with Crippen molar-refractivity contribution in [2.24, 2.45) is 5.16 Å². The molecule has 1 N–H and O–H groups in total. The lowest BCUT2D eigenvalue weighted by molar-refractivity contribution is -0.106. The maximum Gasteiger partial charge on any atom is 0.303 e.